The van der Waals surface area contributed by atoms with Crippen molar-refractivity contribution in [3.8, 4) is 5.75 Å². The van der Waals surface area contributed by atoms with Crippen molar-refractivity contribution >= 4 is 30.1 Å². The van der Waals surface area contributed by atoms with Crippen LogP contribution in [0.4, 0.5) is 0 Å². The van der Waals surface area contributed by atoms with Crippen LogP contribution in [0.25, 0.3) is 0 Å². The van der Waals surface area contributed by atoms with E-state index in [9.17, 15) is 14.4 Å². The van der Waals surface area contributed by atoms with Crippen molar-refractivity contribution < 1.29 is 19.1 Å². The number of aldehydes is 2. The minimum Gasteiger partial charge on any atom is -0.491 e. The third-order valence-corrected chi connectivity index (χ3v) is 5.06. The SMILES string of the molecule is CC(C)(C=O)c1ccc2c(c1)OCCN(Cc1ccc(Cl)c(C=O)c1)C2=O. The second-order valence-electron chi connectivity index (χ2n) is 7.10. The Morgan fingerprint density at radius 1 is 1.19 bits per heavy atom. The molecule has 0 bridgehead atoms. The molecule has 3 rings (SSSR count). The lowest BCUT2D eigenvalue weighted by Crippen LogP contribution is -2.31. The van der Waals surface area contributed by atoms with Crippen molar-refractivity contribution in [3.05, 3.63) is 63.7 Å². The molecule has 1 heterocycles. The van der Waals surface area contributed by atoms with Crippen molar-refractivity contribution in [2.45, 2.75) is 25.8 Å². The fraction of sp³-hybridized carbons (Fsp3) is 0.286. The van der Waals surface area contributed by atoms with Gasteiger partial charge in [0, 0.05) is 17.5 Å². The van der Waals surface area contributed by atoms with E-state index in [1.165, 1.54) is 0 Å². The zero-order valence-electron chi connectivity index (χ0n) is 15.2. The molecule has 0 fully saturated rings. The summed E-state index contributed by atoms with van der Waals surface area (Å²) in [6.07, 6.45) is 1.58. The molecule has 1 amide bonds. The van der Waals surface area contributed by atoms with Gasteiger partial charge in [0.15, 0.2) is 6.29 Å². The van der Waals surface area contributed by atoms with Crippen LogP contribution in [0.3, 0.4) is 0 Å². The number of hydrogen-bond donors (Lipinski definition) is 0. The molecule has 2 aromatic carbocycles. The van der Waals surface area contributed by atoms with Gasteiger partial charge in [0.05, 0.1) is 17.1 Å². The average Bonchev–Trinajstić information content (AvgIpc) is 2.82. The quantitative estimate of drug-likeness (QED) is 0.737. The number of carbonyl (C=O) groups is 3. The zero-order valence-corrected chi connectivity index (χ0v) is 16.0. The molecule has 0 atom stereocenters. The van der Waals surface area contributed by atoms with E-state index in [1.54, 1.807) is 41.3 Å². The van der Waals surface area contributed by atoms with E-state index < -0.39 is 5.41 Å². The molecule has 0 N–H and O–H groups in total. The number of fused-ring (bicyclic) bond motifs is 1. The number of carbonyl (C=O) groups excluding carboxylic acids is 3. The second-order valence-corrected chi connectivity index (χ2v) is 7.51. The predicted octanol–water partition coefficient (Wildman–Crippen LogP) is 3.66. The summed E-state index contributed by atoms with van der Waals surface area (Å²) in [6, 6.07) is 10.4. The maximum Gasteiger partial charge on any atom is 0.258 e. The topological polar surface area (TPSA) is 63.7 Å². The van der Waals surface area contributed by atoms with Gasteiger partial charge in [-0.2, -0.15) is 0 Å². The van der Waals surface area contributed by atoms with Crippen molar-refractivity contribution in [1.29, 1.82) is 0 Å². The van der Waals surface area contributed by atoms with Gasteiger partial charge in [0.2, 0.25) is 0 Å². The largest absolute Gasteiger partial charge is 0.491 e. The van der Waals surface area contributed by atoms with Crippen LogP contribution in [0.5, 0.6) is 5.75 Å². The van der Waals surface area contributed by atoms with Gasteiger partial charge >= 0.3 is 0 Å². The molecule has 1 aliphatic heterocycles. The lowest BCUT2D eigenvalue weighted by Gasteiger charge is -2.21. The Morgan fingerprint density at radius 3 is 2.67 bits per heavy atom. The van der Waals surface area contributed by atoms with Crippen LogP contribution in [-0.2, 0) is 16.8 Å². The molecule has 27 heavy (non-hydrogen) atoms. The fourth-order valence-electron chi connectivity index (χ4n) is 2.98. The molecular weight excluding hydrogens is 366 g/mol. The van der Waals surface area contributed by atoms with Crippen molar-refractivity contribution in [1.82, 2.24) is 4.90 Å². The van der Waals surface area contributed by atoms with Gasteiger partial charge in [0.1, 0.15) is 18.6 Å². The third-order valence-electron chi connectivity index (χ3n) is 4.72. The monoisotopic (exact) mass is 385 g/mol. The second kappa shape index (κ2) is 7.53. The van der Waals surface area contributed by atoms with Gasteiger partial charge in [-0.25, -0.2) is 0 Å². The Morgan fingerprint density at radius 2 is 1.96 bits per heavy atom. The highest BCUT2D eigenvalue weighted by Crippen LogP contribution is 2.30. The van der Waals surface area contributed by atoms with Crippen LogP contribution < -0.4 is 4.74 Å². The Balaban J connectivity index is 1.88. The summed E-state index contributed by atoms with van der Waals surface area (Å²) in [5, 5.41) is 0.384. The normalized spacial score (nSPS) is 14.2. The van der Waals surface area contributed by atoms with Crippen LogP contribution >= 0.6 is 11.6 Å². The number of benzene rings is 2. The van der Waals surface area contributed by atoms with Crippen molar-refractivity contribution in [3.63, 3.8) is 0 Å². The van der Waals surface area contributed by atoms with E-state index in [1.807, 2.05) is 13.8 Å². The minimum absolute atomic E-state index is 0.152. The minimum atomic E-state index is -0.651. The molecule has 0 saturated carbocycles. The first-order valence-corrected chi connectivity index (χ1v) is 9.00. The first-order chi connectivity index (χ1) is 12.9. The fourth-order valence-corrected chi connectivity index (χ4v) is 3.14. The summed E-state index contributed by atoms with van der Waals surface area (Å²) < 4.78 is 5.78. The summed E-state index contributed by atoms with van der Waals surface area (Å²) >= 11 is 5.97. The molecule has 0 spiro atoms. The summed E-state index contributed by atoms with van der Waals surface area (Å²) in [5.74, 6) is 0.333. The molecule has 5 nitrogen and oxygen atoms in total. The zero-order chi connectivity index (χ0) is 19.6. The number of halogens is 1. The van der Waals surface area contributed by atoms with Gasteiger partial charge in [-0.05, 0) is 49.2 Å². The maximum atomic E-state index is 13.0. The molecule has 140 valence electrons. The van der Waals surface area contributed by atoms with E-state index in [0.717, 1.165) is 17.4 Å². The lowest BCUT2D eigenvalue weighted by atomic mass is 9.85. The van der Waals surface area contributed by atoms with Crippen LogP contribution in [0.15, 0.2) is 36.4 Å². The number of nitrogens with zero attached hydrogens (tertiary/aromatic N) is 1. The highest BCUT2D eigenvalue weighted by atomic mass is 35.5. The molecule has 6 heteroatoms. The van der Waals surface area contributed by atoms with Crippen LogP contribution in [0, 0.1) is 0 Å². The number of ether oxygens (including phenoxy) is 1. The molecule has 2 aromatic rings. The van der Waals surface area contributed by atoms with E-state index in [-0.39, 0.29) is 5.91 Å². The number of amides is 1. The molecular formula is C21H20ClNO4. The first kappa shape index (κ1) is 19.1. The number of hydrogen-bond acceptors (Lipinski definition) is 4. The van der Waals surface area contributed by atoms with Gasteiger partial charge in [0.25, 0.3) is 5.91 Å². The maximum absolute atomic E-state index is 13.0. The Labute approximate surface area is 162 Å². The molecule has 0 saturated heterocycles. The Kier molecular flexibility index (Phi) is 5.33. The van der Waals surface area contributed by atoms with E-state index >= 15 is 0 Å². The molecule has 1 aliphatic rings. The summed E-state index contributed by atoms with van der Waals surface area (Å²) in [5.41, 5.74) is 1.82. The molecule has 0 radical (unpaired) electrons. The van der Waals surface area contributed by atoms with Crippen molar-refractivity contribution in [2.24, 2.45) is 0 Å². The van der Waals surface area contributed by atoms with Crippen molar-refractivity contribution in [2.75, 3.05) is 13.2 Å². The standard InChI is InChI=1S/C21H20ClNO4/c1-21(2,13-25)16-4-5-17-19(10-16)27-8-7-23(20(17)26)11-14-3-6-18(22)15(9-14)12-24/h3-6,9-10,12-13H,7-8,11H2,1-2H3. The highest BCUT2D eigenvalue weighted by Gasteiger charge is 2.27. The predicted molar refractivity (Wildman–Crippen MR) is 103 cm³/mol. The molecule has 0 unspecified atom stereocenters. The molecule has 0 aliphatic carbocycles. The van der Waals surface area contributed by atoms with Crippen LogP contribution in [0.2, 0.25) is 5.02 Å². The van der Waals surface area contributed by atoms with Crippen LogP contribution in [-0.4, -0.2) is 36.5 Å². The average molecular weight is 386 g/mol. The lowest BCUT2D eigenvalue weighted by molar-refractivity contribution is -0.111. The third kappa shape index (κ3) is 3.88. The van der Waals surface area contributed by atoms with Gasteiger partial charge in [-0.1, -0.05) is 23.7 Å². The summed E-state index contributed by atoms with van der Waals surface area (Å²) in [7, 11) is 0. The summed E-state index contributed by atoms with van der Waals surface area (Å²) in [6.45, 7) is 4.74. The van der Waals surface area contributed by atoms with Gasteiger partial charge in [-0.3, -0.25) is 9.59 Å². The molecule has 0 aromatic heterocycles. The Hall–Kier alpha value is -2.66. The van der Waals surface area contributed by atoms with E-state index in [2.05, 4.69) is 0 Å². The highest BCUT2D eigenvalue weighted by molar-refractivity contribution is 6.32. The summed E-state index contributed by atoms with van der Waals surface area (Å²) in [4.78, 5) is 37.0. The number of rotatable bonds is 5. The van der Waals surface area contributed by atoms with E-state index in [4.69, 9.17) is 16.3 Å². The van der Waals surface area contributed by atoms with Gasteiger partial charge < -0.3 is 14.4 Å². The van der Waals surface area contributed by atoms with E-state index in [0.29, 0.717) is 47.9 Å². The first-order valence-electron chi connectivity index (χ1n) is 8.62. The van der Waals surface area contributed by atoms with Gasteiger partial charge in [-0.15, -0.1) is 0 Å². The smallest absolute Gasteiger partial charge is 0.258 e. The van der Waals surface area contributed by atoms with Crippen LogP contribution in [0.1, 0.15) is 45.7 Å². The Bertz CT molecular complexity index is 907.